The van der Waals surface area contributed by atoms with Crippen LogP contribution in [0.25, 0.3) is 0 Å². The maximum Gasteiger partial charge on any atom is 0.166 e. The van der Waals surface area contributed by atoms with Gasteiger partial charge in [0.2, 0.25) is 0 Å². The Morgan fingerprint density at radius 1 is 1.06 bits per heavy atom. The quantitative estimate of drug-likeness (QED) is 0.543. The van der Waals surface area contributed by atoms with Crippen molar-refractivity contribution in [2.24, 2.45) is 10.8 Å². The molecule has 0 fully saturated rings. The van der Waals surface area contributed by atoms with Crippen LogP contribution < -0.4 is 21.8 Å². The van der Waals surface area contributed by atoms with Crippen molar-refractivity contribution in [3.05, 3.63) is 70.5 Å². The van der Waals surface area contributed by atoms with E-state index in [1.165, 1.54) is 11.1 Å². The summed E-state index contributed by atoms with van der Waals surface area (Å²) in [5.74, 6) is 1.97. The fourth-order valence-corrected chi connectivity index (χ4v) is 3.51. The van der Waals surface area contributed by atoms with Crippen molar-refractivity contribution < 1.29 is 0 Å². The molecule has 0 unspecified atom stereocenters. The zero-order valence-corrected chi connectivity index (χ0v) is 20.6. The zero-order chi connectivity index (χ0) is 23.7. The Kier molecular flexibility index (Phi) is 10.3. The van der Waals surface area contributed by atoms with Gasteiger partial charge in [-0.3, -0.25) is 10.3 Å². The summed E-state index contributed by atoms with van der Waals surface area (Å²) in [5, 5.41) is 4.56. The van der Waals surface area contributed by atoms with E-state index < -0.39 is 0 Å². The minimum atomic E-state index is 0.354. The lowest BCUT2D eigenvalue weighted by Gasteiger charge is -2.23. The molecule has 170 valence electrons. The lowest BCUT2D eigenvalue weighted by atomic mass is 9.95. The largest absolute Gasteiger partial charge is 0.398 e. The summed E-state index contributed by atoms with van der Waals surface area (Å²) in [7, 11) is 0. The fraction of sp³-hybridized carbons (Fsp3) is 0.423. The highest BCUT2D eigenvalue weighted by Gasteiger charge is 2.26. The van der Waals surface area contributed by atoms with Crippen molar-refractivity contribution >= 4 is 17.2 Å². The molecule has 2 aromatic carbocycles. The Hall–Kier alpha value is -2.79. The first-order valence-electron chi connectivity index (χ1n) is 11.3. The van der Waals surface area contributed by atoms with Crippen LogP contribution in [0, 0.1) is 13.8 Å². The minimum absolute atomic E-state index is 0.354. The normalized spacial score (nSPS) is 12.5. The van der Waals surface area contributed by atoms with Crippen LogP contribution in [0.3, 0.4) is 0 Å². The molecule has 0 aliphatic carbocycles. The van der Waals surface area contributed by atoms with Gasteiger partial charge in [0, 0.05) is 16.9 Å². The molecule has 0 saturated heterocycles. The Morgan fingerprint density at radius 3 is 2.19 bits per heavy atom. The molecule has 0 amide bonds. The number of hydrogen-bond acceptors (Lipinski definition) is 5. The van der Waals surface area contributed by atoms with Crippen LogP contribution in [0.15, 0.2) is 47.8 Å². The third kappa shape index (κ3) is 6.11. The van der Waals surface area contributed by atoms with Crippen molar-refractivity contribution in [2.75, 3.05) is 17.2 Å². The lowest BCUT2D eigenvalue weighted by molar-refractivity contribution is 0.868. The molecule has 0 spiro atoms. The number of nitrogens with zero attached hydrogens (tertiary/aromatic N) is 2. The van der Waals surface area contributed by atoms with Crippen molar-refractivity contribution in [1.82, 2.24) is 5.43 Å². The molecule has 1 heterocycles. The van der Waals surface area contributed by atoms with Gasteiger partial charge in [0.1, 0.15) is 5.82 Å². The Bertz CT molecular complexity index is 912. The van der Waals surface area contributed by atoms with Gasteiger partial charge in [-0.15, -0.1) is 0 Å². The maximum atomic E-state index is 6.23. The number of nitrogen functional groups attached to an aromatic ring is 1. The molecule has 0 radical (unpaired) electrons. The van der Waals surface area contributed by atoms with Crippen molar-refractivity contribution in [3.8, 4) is 0 Å². The Morgan fingerprint density at radius 2 is 1.68 bits per heavy atom. The summed E-state index contributed by atoms with van der Waals surface area (Å²) < 4.78 is 0. The number of nitrogens with one attached hydrogen (secondary N) is 1. The summed E-state index contributed by atoms with van der Waals surface area (Å²) in [6.45, 7) is 21.5. The van der Waals surface area contributed by atoms with Gasteiger partial charge in [0.15, 0.2) is 5.84 Å². The summed E-state index contributed by atoms with van der Waals surface area (Å²) in [6.07, 6.45) is 1.03. The second-order valence-electron chi connectivity index (χ2n) is 7.65. The summed E-state index contributed by atoms with van der Waals surface area (Å²) >= 11 is 0. The van der Waals surface area contributed by atoms with Gasteiger partial charge in [-0.25, -0.2) is 0 Å². The monoisotopic (exact) mass is 423 g/mol. The zero-order valence-electron chi connectivity index (χ0n) is 20.6. The molecular weight excluding hydrogens is 382 g/mol. The van der Waals surface area contributed by atoms with E-state index >= 15 is 0 Å². The van der Waals surface area contributed by atoms with Crippen LogP contribution in [0.1, 0.15) is 75.3 Å². The number of hydrazone groups is 1. The second kappa shape index (κ2) is 12.2. The Balaban J connectivity index is 0.000000884. The molecule has 0 atom stereocenters. The summed E-state index contributed by atoms with van der Waals surface area (Å²) in [4.78, 5) is 2.08. The standard InChI is InChI=1S/C22H28N4.C2H7N.C2H6/c1-7-17-8-9-18(10-14(17)4)26-16(6)24-25-22(26)20-12-19(13(2)3)21(23)11-15(20)5;1-2-3;1-2/h8-13,24H,6-7,23H2,1-5H3;2-3H2,1H3;1-2H3. The van der Waals surface area contributed by atoms with Crippen LogP contribution >= 0.6 is 0 Å². The van der Waals surface area contributed by atoms with E-state index in [9.17, 15) is 0 Å². The van der Waals surface area contributed by atoms with E-state index in [0.29, 0.717) is 5.92 Å². The van der Waals surface area contributed by atoms with Gasteiger partial charge in [-0.2, -0.15) is 5.10 Å². The molecule has 0 saturated carbocycles. The molecule has 2 aromatic rings. The SMILES string of the molecule is C=C1NN=C(c2cc(C(C)C)c(N)cc2C)N1c1ccc(CC)c(C)c1.CC.CCN. The van der Waals surface area contributed by atoms with Crippen LogP contribution in [0.4, 0.5) is 11.4 Å². The van der Waals surface area contributed by atoms with Crippen LogP contribution in [0.5, 0.6) is 0 Å². The highest BCUT2D eigenvalue weighted by atomic mass is 15.5. The fourth-order valence-electron chi connectivity index (χ4n) is 3.51. The van der Waals surface area contributed by atoms with E-state index in [4.69, 9.17) is 11.5 Å². The average molecular weight is 424 g/mol. The van der Waals surface area contributed by atoms with Gasteiger partial charge < -0.3 is 11.5 Å². The predicted molar refractivity (Wildman–Crippen MR) is 138 cm³/mol. The van der Waals surface area contributed by atoms with Gasteiger partial charge in [-0.1, -0.05) is 54.2 Å². The van der Waals surface area contributed by atoms with E-state index in [-0.39, 0.29) is 0 Å². The summed E-state index contributed by atoms with van der Waals surface area (Å²) in [6, 6.07) is 10.7. The molecule has 1 aliphatic heterocycles. The smallest absolute Gasteiger partial charge is 0.166 e. The highest BCUT2D eigenvalue weighted by molar-refractivity contribution is 6.14. The number of amidine groups is 1. The first-order valence-corrected chi connectivity index (χ1v) is 11.3. The first-order chi connectivity index (χ1) is 14.7. The van der Waals surface area contributed by atoms with Gasteiger partial charge in [0.25, 0.3) is 0 Å². The maximum absolute atomic E-state index is 6.23. The number of aryl methyl sites for hydroxylation is 3. The van der Waals surface area contributed by atoms with Gasteiger partial charge >= 0.3 is 0 Å². The number of nitrogens with two attached hydrogens (primary N) is 2. The summed E-state index contributed by atoms with van der Waals surface area (Å²) in [5.41, 5.74) is 22.0. The third-order valence-corrected chi connectivity index (χ3v) is 5.03. The molecule has 31 heavy (non-hydrogen) atoms. The molecular formula is C26H41N5. The van der Waals surface area contributed by atoms with Crippen LogP contribution in [-0.4, -0.2) is 12.4 Å². The third-order valence-electron chi connectivity index (χ3n) is 5.03. The second-order valence-corrected chi connectivity index (χ2v) is 7.65. The highest BCUT2D eigenvalue weighted by Crippen LogP contribution is 2.31. The minimum Gasteiger partial charge on any atom is -0.398 e. The lowest BCUT2D eigenvalue weighted by Crippen LogP contribution is -2.28. The molecule has 0 aromatic heterocycles. The van der Waals surface area contributed by atoms with Crippen LogP contribution in [0.2, 0.25) is 0 Å². The van der Waals surface area contributed by atoms with Crippen molar-refractivity contribution in [2.45, 2.75) is 67.7 Å². The number of benzene rings is 2. The van der Waals surface area contributed by atoms with E-state index in [0.717, 1.165) is 52.7 Å². The topological polar surface area (TPSA) is 79.7 Å². The van der Waals surface area contributed by atoms with Crippen LogP contribution in [-0.2, 0) is 6.42 Å². The number of hydrogen-bond donors (Lipinski definition) is 3. The van der Waals surface area contributed by atoms with E-state index in [1.807, 2.05) is 26.8 Å². The molecule has 3 rings (SSSR count). The first kappa shape index (κ1) is 26.2. The van der Waals surface area contributed by atoms with Crippen molar-refractivity contribution in [3.63, 3.8) is 0 Å². The molecule has 0 bridgehead atoms. The molecule has 5 N–H and O–H groups in total. The number of anilines is 2. The van der Waals surface area contributed by atoms with Crippen molar-refractivity contribution in [1.29, 1.82) is 0 Å². The van der Waals surface area contributed by atoms with Gasteiger partial charge in [0.05, 0.1) is 0 Å². The van der Waals surface area contributed by atoms with E-state index in [2.05, 4.69) is 80.9 Å². The molecule has 1 aliphatic rings. The Labute approximate surface area is 189 Å². The van der Waals surface area contributed by atoms with Gasteiger partial charge in [-0.05, 0) is 79.3 Å². The molecule has 5 nitrogen and oxygen atoms in total. The predicted octanol–water partition coefficient (Wildman–Crippen LogP) is 5.81. The average Bonchev–Trinajstić information content (AvgIpc) is 3.11. The number of rotatable bonds is 4. The molecule has 5 heteroatoms. The van der Waals surface area contributed by atoms with E-state index in [1.54, 1.807) is 0 Å².